The molecule has 0 aliphatic carbocycles. The molecule has 0 atom stereocenters. The highest BCUT2D eigenvalue weighted by Crippen LogP contribution is 2.14. The maximum atomic E-state index is 11.9. The van der Waals surface area contributed by atoms with Crippen LogP contribution in [0.5, 0.6) is 0 Å². The molecule has 0 radical (unpaired) electrons. The lowest BCUT2D eigenvalue weighted by atomic mass is 10.2. The lowest BCUT2D eigenvalue weighted by Crippen LogP contribution is -2.40. The third kappa shape index (κ3) is 4.52. The molecule has 7 heteroatoms. The van der Waals surface area contributed by atoms with Gasteiger partial charge in [-0.2, -0.15) is 0 Å². The van der Waals surface area contributed by atoms with E-state index >= 15 is 0 Å². The van der Waals surface area contributed by atoms with Gasteiger partial charge in [0, 0.05) is 26.7 Å². The molecule has 0 aromatic heterocycles. The molecule has 1 aromatic carbocycles. The number of nitrogens with one attached hydrogen (secondary N) is 2. The van der Waals surface area contributed by atoms with Crippen LogP contribution in [0.15, 0.2) is 29.3 Å². The molecule has 1 aromatic rings. The summed E-state index contributed by atoms with van der Waals surface area (Å²) in [6, 6.07) is 7.01. The third-order valence-corrected chi connectivity index (χ3v) is 3.20. The zero-order valence-electron chi connectivity index (χ0n) is 11.2. The van der Waals surface area contributed by atoms with E-state index in [9.17, 15) is 4.79 Å². The lowest BCUT2D eigenvalue weighted by molar-refractivity contribution is 0.0954. The van der Waals surface area contributed by atoms with Crippen LogP contribution in [0.1, 0.15) is 10.4 Å². The minimum absolute atomic E-state index is 0. The Morgan fingerprint density at radius 1 is 1.40 bits per heavy atom. The number of aliphatic imine (C=N–C) groups is 1. The van der Waals surface area contributed by atoms with Crippen molar-refractivity contribution in [3.8, 4) is 0 Å². The van der Waals surface area contributed by atoms with Gasteiger partial charge in [0.25, 0.3) is 5.91 Å². The summed E-state index contributed by atoms with van der Waals surface area (Å²) in [6.45, 7) is 2.93. The quantitative estimate of drug-likeness (QED) is 0.587. The smallest absolute Gasteiger partial charge is 0.252 e. The Balaban J connectivity index is 0.00000200. The fraction of sp³-hybridized carbons (Fsp3) is 0.385. The number of guanidine groups is 1. The van der Waals surface area contributed by atoms with E-state index in [-0.39, 0.29) is 29.9 Å². The molecule has 0 spiro atoms. The molecule has 110 valence electrons. The third-order valence-electron chi connectivity index (χ3n) is 2.87. The van der Waals surface area contributed by atoms with Gasteiger partial charge < -0.3 is 15.5 Å². The molecule has 1 aliphatic rings. The monoisotopic (exact) mass is 408 g/mol. The molecular formula is C13H18ClIN4O. The van der Waals surface area contributed by atoms with E-state index in [0.29, 0.717) is 23.7 Å². The van der Waals surface area contributed by atoms with Crippen LogP contribution < -0.4 is 10.6 Å². The summed E-state index contributed by atoms with van der Waals surface area (Å²) in [5, 5.41) is 6.47. The molecule has 2 rings (SSSR count). The SMILES string of the molecule is CN1CCN=C1NCCNC(=O)c1ccccc1Cl.I. The van der Waals surface area contributed by atoms with Gasteiger partial charge in [-0.3, -0.25) is 9.79 Å². The minimum Gasteiger partial charge on any atom is -0.354 e. The Kier molecular flexibility index (Phi) is 7.08. The number of benzene rings is 1. The number of nitrogens with zero attached hydrogens (tertiary/aromatic N) is 2. The summed E-state index contributed by atoms with van der Waals surface area (Å²) in [5.41, 5.74) is 0.500. The number of hydrogen-bond donors (Lipinski definition) is 2. The molecule has 0 fully saturated rings. The van der Waals surface area contributed by atoms with Crippen molar-refractivity contribution in [2.45, 2.75) is 0 Å². The van der Waals surface area contributed by atoms with E-state index in [4.69, 9.17) is 11.6 Å². The standard InChI is InChI=1S/C13H17ClN4O.HI/c1-18-9-8-17-13(18)16-7-6-15-12(19)10-4-2-3-5-11(10)14;/h2-5H,6-9H2,1H3,(H,15,19)(H,16,17);1H. The minimum atomic E-state index is -0.158. The lowest BCUT2D eigenvalue weighted by Gasteiger charge is -2.15. The van der Waals surface area contributed by atoms with Crippen LogP contribution in [-0.4, -0.2) is 50.0 Å². The van der Waals surface area contributed by atoms with Gasteiger partial charge in [-0.05, 0) is 12.1 Å². The number of hydrogen-bond acceptors (Lipinski definition) is 4. The molecule has 1 amide bonds. The molecule has 20 heavy (non-hydrogen) atoms. The molecule has 1 heterocycles. The summed E-state index contributed by atoms with van der Waals surface area (Å²) in [5.74, 6) is 0.723. The predicted molar refractivity (Wildman–Crippen MR) is 92.1 cm³/mol. The highest BCUT2D eigenvalue weighted by atomic mass is 127. The van der Waals surface area contributed by atoms with Crippen molar-refractivity contribution in [1.29, 1.82) is 0 Å². The molecule has 0 saturated carbocycles. The van der Waals surface area contributed by atoms with Crippen LogP contribution in [0.2, 0.25) is 5.02 Å². The van der Waals surface area contributed by atoms with Gasteiger partial charge in [0.15, 0.2) is 5.96 Å². The van der Waals surface area contributed by atoms with Gasteiger partial charge >= 0.3 is 0 Å². The maximum absolute atomic E-state index is 11.9. The highest BCUT2D eigenvalue weighted by Gasteiger charge is 2.12. The van der Waals surface area contributed by atoms with Crippen LogP contribution in [-0.2, 0) is 0 Å². The number of amides is 1. The van der Waals surface area contributed by atoms with Gasteiger partial charge in [-0.25, -0.2) is 0 Å². The predicted octanol–water partition coefficient (Wildman–Crippen LogP) is 1.58. The van der Waals surface area contributed by atoms with Crippen LogP contribution in [0.3, 0.4) is 0 Å². The van der Waals surface area contributed by atoms with Crippen molar-refractivity contribution in [2.24, 2.45) is 4.99 Å². The largest absolute Gasteiger partial charge is 0.354 e. The van der Waals surface area contributed by atoms with Crippen LogP contribution in [0.25, 0.3) is 0 Å². The Bertz CT molecular complexity index is 495. The molecule has 0 unspecified atom stereocenters. The van der Waals surface area contributed by atoms with E-state index in [1.807, 2.05) is 7.05 Å². The Morgan fingerprint density at radius 3 is 2.80 bits per heavy atom. The average molecular weight is 409 g/mol. The molecule has 0 bridgehead atoms. The average Bonchev–Trinajstić information content (AvgIpc) is 2.80. The molecular weight excluding hydrogens is 391 g/mol. The van der Waals surface area contributed by atoms with Gasteiger partial charge in [-0.15, -0.1) is 24.0 Å². The van der Waals surface area contributed by atoms with Crippen molar-refractivity contribution < 1.29 is 4.79 Å². The van der Waals surface area contributed by atoms with E-state index in [2.05, 4.69) is 20.5 Å². The van der Waals surface area contributed by atoms with Crippen molar-refractivity contribution in [2.75, 3.05) is 33.2 Å². The molecule has 5 nitrogen and oxygen atoms in total. The molecule has 2 N–H and O–H groups in total. The van der Waals surface area contributed by atoms with Gasteiger partial charge in [0.05, 0.1) is 17.1 Å². The summed E-state index contributed by atoms with van der Waals surface area (Å²) >= 11 is 5.95. The highest BCUT2D eigenvalue weighted by molar-refractivity contribution is 14.0. The Morgan fingerprint density at radius 2 is 2.15 bits per heavy atom. The second-order valence-corrected chi connectivity index (χ2v) is 4.70. The summed E-state index contributed by atoms with van der Waals surface area (Å²) in [6.07, 6.45) is 0. The number of rotatable bonds is 4. The Labute approximate surface area is 140 Å². The van der Waals surface area contributed by atoms with Crippen molar-refractivity contribution in [1.82, 2.24) is 15.5 Å². The second-order valence-electron chi connectivity index (χ2n) is 4.29. The van der Waals surface area contributed by atoms with E-state index < -0.39 is 0 Å². The number of carbonyl (C=O) groups excluding carboxylic acids is 1. The topological polar surface area (TPSA) is 56.7 Å². The van der Waals surface area contributed by atoms with Crippen molar-refractivity contribution in [3.05, 3.63) is 34.9 Å². The number of carbonyl (C=O) groups is 1. The van der Waals surface area contributed by atoms with E-state index in [0.717, 1.165) is 19.0 Å². The fourth-order valence-electron chi connectivity index (χ4n) is 1.81. The van der Waals surface area contributed by atoms with Crippen LogP contribution >= 0.6 is 35.6 Å². The van der Waals surface area contributed by atoms with Crippen LogP contribution in [0.4, 0.5) is 0 Å². The Hall–Kier alpha value is -1.02. The normalized spacial score (nSPS) is 13.5. The van der Waals surface area contributed by atoms with Crippen LogP contribution in [0, 0.1) is 0 Å². The second kappa shape index (κ2) is 8.31. The van der Waals surface area contributed by atoms with E-state index in [1.54, 1.807) is 24.3 Å². The first kappa shape index (κ1) is 17.0. The van der Waals surface area contributed by atoms with Crippen molar-refractivity contribution in [3.63, 3.8) is 0 Å². The van der Waals surface area contributed by atoms with Gasteiger partial charge in [0.2, 0.25) is 0 Å². The van der Waals surface area contributed by atoms with Gasteiger partial charge in [0.1, 0.15) is 0 Å². The number of likely N-dealkylation sites (N-methyl/N-ethyl adjacent to an activating group) is 1. The zero-order valence-corrected chi connectivity index (χ0v) is 14.3. The first-order valence-electron chi connectivity index (χ1n) is 6.20. The molecule has 1 aliphatic heterocycles. The fourth-order valence-corrected chi connectivity index (χ4v) is 2.04. The maximum Gasteiger partial charge on any atom is 0.252 e. The summed E-state index contributed by atoms with van der Waals surface area (Å²) < 4.78 is 0. The molecule has 0 saturated heterocycles. The van der Waals surface area contributed by atoms with E-state index in [1.165, 1.54) is 0 Å². The summed E-state index contributed by atoms with van der Waals surface area (Å²) in [4.78, 5) is 18.2. The first-order valence-corrected chi connectivity index (χ1v) is 6.58. The number of halogens is 2. The zero-order chi connectivity index (χ0) is 13.7. The van der Waals surface area contributed by atoms with Crippen molar-refractivity contribution >= 4 is 47.4 Å². The van der Waals surface area contributed by atoms with Gasteiger partial charge in [-0.1, -0.05) is 23.7 Å². The first-order chi connectivity index (χ1) is 9.18. The summed E-state index contributed by atoms with van der Waals surface area (Å²) in [7, 11) is 1.99.